The van der Waals surface area contributed by atoms with Gasteiger partial charge in [0.25, 0.3) is 5.69 Å². The number of nitro groups is 1. The zero-order valence-corrected chi connectivity index (χ0v) is 9.46. The SMILES string of the molecule is NC1(COc2cc([N+](=O)[O-])ccn2)CCCC1. The molecule has 0 radical (unpaired) electrons. The lowest BCUT2D eigenvalue weighted by Gasteiger charge is -2.22. The predicted molar refractivity (Wildman–Crippen MR) is 61.8 cm³/mol. The molecule has 1 aliphatic carbocycles. The van der Waals surface area contributed by atoms with Crippen LogP contribution in [0.2, 0.25) is 0 Å². The van der Waals surface area contributed by atoms with Gasteiger partial charge in [0.15, 0.2) is 0 Å². The van der Waals surface area contributed by atoms with Crippen molar-refractivity contribution in [2.24, 2.45) is 5.73 Å². The minimum atomic E-state index is -0.470. The van der Waals surface area contributed by atoms with Gasteiger partial charge in [-0.2, -0.15) is 0 Å². The molecule has 0 bridgehead atoms. The van der Waals surface area contributed by atoms with E-state index in [-0.39, 0.29) is 17.1 Å². The molecule has 0 spiro atoms. The van der Waals surface area contributed by atoms with Crippen molar-refractivity contribution in [3.63, 3.8) is 0 Å². The van der Waals surface area contributed by atoms with Gasteiger partial charge in [-0.15, -0.1) is 0 Å². The summed E-state index contributed by atoms with van der Waals surface area (Å²) in [4.78, 5) is 14.0. The molecule has 1 heterocycles. The average molecular weight is 237 g/mol. The first-order valence-electron chi connectivity index (χ1n) is 5.61. The highest BCUT2D eigenvalue weighted by Gasteiger charge is 2.30. The zero-order chi connectivity index (χ0) is 12.3. The van der Waals surface area contributed by atoms with Crippen molar-refractivity contribution in [1.29, 1.82) is 0 Å². The lowest BCUT2D eigenvalue weighted by molar-refractivity contribution is -0.385. The number of hydrogen-bond donors (Lipinski definition) is 1. The quantitative estimate of drug-likeness (QED) is 0.634. The van der Waals surface area contributed by atoms with Gasteiger partial charge < -0.3 is 10.5 Å². The molecule has 2 N–H and O–H groups in total. The molecule has 0 atom stereocenters. The Hall–Kier alpha value is -1.69. The second-order valence-electron chi connectivity index (χ2n) is 4.47. The van der Waals surface area contributed by atoms with Crippen molar-refractivity contribution in [2.75, 3.05) is 6.61 Å². The molecule has 1 aromatic rings. The molecule has 0 saturated heterocycles. The summed E-state index contributed by atoms with van der Waals surface area (Å²) in [5.74, 6) is 0.260. The van der Waals surface area contributed by atoms with E-state index < -0.39 is 4.92 Å². The van der Waals surface area contributed by atoms with Gasteiger partial charge in [-0.05, 0) is 12.8 Å². The molecule has 92 valence electrons. The number of aromatic nitrogens is 1. The van der Waals surface area contributed by atoms with Crippen LogP contribution in [0.5, 0.6) is 5.88 Å². The summed E-state index contributed by atoms with van der Waals surface area (Å²) in [6.07, 6.45) is 5.46. The normalized spacial score (nSPS) is 17.9. The van der Waals surface area contributed by atoms with E-state index in [1.54, 1.807) is 0 Å². The summed E-state index contributed by atoms with van der Waals surface area (Å²) in [5, 5.41) is 10.6. The molecular formula is C11H15N3O3. The second-order valence-corrected chi connectivity index (χ2v) is 4.47. The summed E-state index contributed by atoms with van der Waals surface area (Å²) in [6.45, 7) is 0.362. The van der Waals surface area contributed by atoms with Crippen LogP contribution in [0.25, 0.3) is 0 Å². The van der Waals surface area contributed by atoms with Crippen LogP contribution in [-0.2, 0) is 0 Å². The van der Waals surface area contributed by atoms with Crippen molar-refractivity contribution in [3.05, 3.63) is 28.4 Å². The number of nitrogens with zero attached hydrogens (tertiary/aromatic N) is 2. The first-order valence-corrected chi connectivity index (χ1v) is 5.61. The van der Waals surface area contributed by atoms with Crippen molar-refractivity contribution in [1.82, 2.24) is 4.98 Å². The largest absolute Gasteiger partial charge is 0.476 e. The Morgan fingerprint density at radius 2 is 2.24 bits per heavy atom. The van der Waals surface area contributed by atoms with Crippen LogP contribution in [0.1, 0.15) is 25.7 Å². The third-order valence-electron chi connectivity index (χ3n) is 3.04. The zero-order valence-electron chi connectivity index (χ0n) is 9.46. The highest BCUT2D eigenvalue weighted by Crippen LogP contribution is 2.28. The van der Waals surface area contributed by atoms with Crippen LogP contribution in [0.4, 0.5) is 5.69 Å². The Morgan fingerprint density at radius 3 is 2.88 bits per heavy atom. The summed E-state index contributed by atoms with van der Waals surface area (Å²) in [7, 11) is 0. The van der Waals surface area contributed by atoms with Crippen molar-refractivity contribution in [3.8, 4) is 5.88 Å². The Balaban J connectivity index is 1.99. The Morgan fingerprint density at radius 1 is 1.53 bits per heavy atom. The maximum atomic E-state index is 10.6. The van der Waals surface area contributed by atoms with Gasteiger partial charge in [0.2, 0.25) is 5.88 Å². The minimum absolute atomic E-state index is 0.0208. The summed E-state index contributed by atoms with van der Waals surface area (Å²) >= 11 is 0. The van der Waals surface area contributed by atoms with Gasteiger partial charge >= 0.3 is 0 Å². The van der Waals surface area contributed by atoms with Gasteiger partial charge in [-0.1, -0.05) is 12.8 Å². The van der Waals surface area contributed by atoms with E-state index >= 15 is 0 Å². The summed E-state index contributed by atoms with van der Waals surface area (Å²) in [6, 6.07) is 2.65. The van der Waals surface area contributed by atoms with Gasteiger partial charge in [0.05, 0.1) is 16.5 Å². The molecule has 17 heavy (non-hydrogen) atoms. The van der Waals surface area contributed by atoms with Crippen LogP contribution in [-0.4, -0.2) is 22.1 Å². The second kappa shape index (κ2) is 4.67. The molecule has 1 aliphatic rings. The molecule has 6 heteroatoms. The number of hydrogen-bond acceptors (Lipinski definition) is 5. The fourth-order valence-electron chi connectivity index (χ4n) is 2.03. The van der Waals surface area contributed by atoms with Crippen molar-refractivity contribution < 1.29 is 9.66 Å². The lowest BCUT2D eigenvalue weighted by Crippen LogP contribution is -2.42. The Bertz CT molecular complexity index is 416. The fraction of sp³-hybridized carbons (Fsp3) is 0.545. The molecule has 6 nitrogen and oxygen atoms in total. The molecule has 0 aromatic carbocycles. The molecule has 2 rings (SSSR count). The number of nitrogens with two attached hydrogens (primary N) is 1. The third kappa shape index (κ3) is 2.91. The third-order valence-corrected chi connectivity index (χ3v) is 3.04. The first-order chi connectivity index (χ1) is 8.09. The molecular weight excluding hydrogens is 222 g/mol. The van der Waals surface area contributed by atoms with E-state index in [4.69, 9.17) is 10.5 Å². The maximum Gasteiger partial charge on any atom is 0.276 e. The van der Waals surface area contributed by atoms with E-state index in [1.165, 1.54) is 18.3 Å². The van der Waals surface area contributed by atoms with E-state index in [9.17, 15) is 10.1 Å². The van der Waals surface area contributed by atoms with E-state index in [1.807, 2.05) is 0 Å². The standard InChI is InChI=1S/C11H15N3O3/c12-11(4-1-2-5-11)8-17-10-7-9(14(15)16)3-6-13-10/h3,6-7H,1-2,4-5,8,12H2. The van der Waals surface area contributed by atoms with Crippen LogP contribution < -0.4 is 10.5 Å². The lowest BCUT2D eigenvalue weighted by atomic mass is 10.0. The highest BCUT2D eigenvalue weighted by molar-refractivity contribution is 5.32. The van der Waals surface area contributed by atoms with Gasteiger partial charge in [0.1, 0.15) is 6.61 Å². The minimum Gasteiger partial charge on any atom is -0.476 e. The van der Waals surface area contributed by atoms with E-state index in [2.05, 4.69) is 4.98 Å². The van der Waals surface area contributed by atoms with Crippen LogP contribution in [0.15, 0.2) is 18.3 Å². The maximum absolute atomic E-state index is 10.6. The first kappa shape index (κ1) is 11.8. The Kier molecular flexibility index (Phi) is 3.23. The van der Waals surface area contributed by atoms with Crippen molar-refractivity contribution >= 4 is 5.69 Å². The number of rotatable bonds is 4. The summed E-state index contributed by atoms with van der Waals surface area (Å²) in [5.41, 5.74) is 5.80. The smallest absolute Gasteiger partial charge is 0.276 e. The molecule has 0 aliphatic heterocycles. The van der Waals surface area contributed by atoms with Crippen molar-refractivity contribution in [2.45, 2.75) is 31.2 Å². The predicted octanol–water partition coefficient (Wildman–Crippen LogP) is 1.64. The van der Waals surface area contributed by atoms with Crippen LogP contribution in [0, 0.1) is 10.1 Å². The highest BCUT2D eigenvalue weighted by atomic mass is 16.6. The number of ether oxygens (including phenoxy) is 1. The average Bonchev–Trinajstić information content (AvgIpc) is 2.75. The van der Waals surface area contributed by atoms with E-state index in [0.717, 1.165) is 25.7 Å². The van der Waals surface area contributed by atoms with Gasteiger partial charge in [0, 0.05) is 12.3 Å². The molecule has 0 amide bonds. The molecule has 1 fully saturated rings. The van der Waals surface area contributed by atoms with Crippen LogP contribution in [0.3, 0.4) is 0 Å². The topological polar surface area (TPSA) is 91.3 Å². The Labute approximate surface area is 98.9 Å². The van der Waals surface area contributed by atoms with Gasteiger partial charge in [-0.3, -0.25) is 10.1 Å². The van der Waals surface area contributed by atoms with Crippen LogP contribution >= 0.6 is 0 Å². The summed E-state index contributed by atoms with van der Waals surface area (Å²) < 4.78 is 5.44. The molecule has 0 unspecified atom stereocenters. The molecule has 1 saturated carbocycles. The molecule has 1 aromatic heterocycles. The fourth-order valence-corrected chi connectivity index (χ4v) is 2.03. The number of pyridine rings is 1. The van der Waals surface area contributed by atoms with Gasteiger partial charge in [-0.25, -0.2) is 4.98 Å². The van der Waals surface area contributed by atoms with E-state index in [0.29, 0.717) is 6.61 Å². The monoisotopic (exact) mass is 237 g/mol.